The number of ether oxygens (including phenoxy) is 3. The zero-order valence-corrected chi connectivity index (χ0v) is 17.0. The lowest BCUT2D eigenvalue weighted by molar-refractivity contribution is 0.355. The average Bonchev–Trinajstić information content (AvgIpc) is 2.77. The van der Waals surface area contributed by atoms with Gasteiger partial charge in [0.05, 0.1) is 19.7 Å². The fraction of sp³-hybridized carbons (Fsp3) is 0.0870. The van der Waals surface area contributed by atoms with Crippen molar-refractivity contribution in [2.45, 2.75) is 0 Å². The summed E-state index contributed by atoms with van der Waals surface area (Å²) in [5.41, 5.74) is 12.5. The molecule has 1 aromatic heterocycles. The van der Waals surface area contributed by atoms with Crippen LogP contribution in [0.5, 0.6) is 23.0 Å². The Morgan fingerprint density at radius 1 is 0.774 bits per heavy atom. The van der Waals surface area contributed by atoms with Crippen LogP contribution in [0.25, 0.3) is 10.9 Å². The molecule has 3 aromatic carbocycles. The van der Waals surface area contributed by atoms with Crippen LogP contribution < -0.4 is 31.2 Å². The average molecular weight is 423 g/mol. The third-order valence-electron chi connectivity index (χ3n) is 4.29. The Labute approximate surface area is 178 Å². The van der Waals surface area contributed by atoms with E-state index in [1.807, 2.05) is 0 Å². The summed E-state index contributed by atoms with van der Waals surface area (Å²) < 4.78 is 28.4. The van der Waals surface area contributed by atoms with Gasteiger partial charge < -0.3 is 30.7 Å². The summed E-state index contributed by atoms with van der Waals surface area (Å²) >= 11 is 0. The number of nitrogen functional groups attached to an aromatic ring is 2. The third-order valence-corrected chi connectivity index (χ3v) is 4.29. The summed E-state index contributed by atoms with van der Waals surface area (Å²) in [5, 5.41) is 0.707. The van der Waals surface area contributed by atoms with Crippen LogP contribution >= 0.6 is 0 Å². The van der Waals surface area contributed by atoms with Crippen molar-refractivity contribution < 1.29 is 18.6 Å². The molecular weight excluding hydrogens is 401 g/mol. The summed E-state index contributed by atoms with van der Waals surface area (Å²) in [7, 11) is 3.09. The molecule has 4 aromatic rings. The van der Waals surface area contributed by atoms with E-state index in [1.165, 1.54) is 37.4 Å². The second kappa shape index (κ2) is 9.53. The number of rotatable bonds is 4. The number of pyridine rings is 1. The van der Waals surface area contributed by atoms with Gasteiger partial charge in [0.1, 0.15) is 17.3 Å². The van der Waals surface area contributed by atoms with Gasteiger partial charge in [-0.25, -0.2) is 4.39 Å². The highest BCUT2D eigenvalue weighted by molar-refractivity contribution is 5.88. The van der Waals surface area contributed by atoms with Gasteiger partial charge in [-0.15, -0.1) is 0 Å². The molecule has 5 N–H and O–H groups in total. The zero-order chi connectivity index (χ0) is 22.4. The normalized spacial score (nSPS) is 10.2. The third kappa shape index (κ3) is 5.45. The van der Waals surface area contributed by atoms with Crippen molar-refractivity contribution in [1.82, 2.24) is 4.98 Å². The number of aromatic amines is 1. The molecule has 8 heteroatoms. The molecule has 0 fully saturated rings. The molecule has 1 heterocycles. The van der Waals surface area contributed by atoms with Crippen molar-refractivity contribution in [1.29, 1.82) is 0 Å². The molecule has 7 nitrogen and oxygen atoms in total. The van der Waals surface area contributed by atoms with Gasteiger partial charge in [-0.1, -0.05) is 0 Å². The van der Waals surface area contributed by atoms with Crippen molar-refractivity contribution in [2.75, 3.05) is 25.7 Å². The number of hydrogen-bond acceptors (Lipinski definition) is 6. The van der Waals surface area contributed by atoms with Crippen LogP contribution in [-0.2, 0) is 0 Å². The molecule has 0 atom stereocenters. The Balaban J connectivity index is 0.000000287. The van der Waals surface area contributed by atoms with E-state index >= 15 is 0 Å². The van der Waals surface area contributed by atoms with E-state index in [1.54, 1.807) is 43.5 Å². The van der Waals surface area contributed by atoms with Crippen LogP contribution in [0, 0.1) is 5.82 Å². The van der Waals surface area contributed by atoms with Crippen LogP contribution in [0.15, 0.2) is 71.5 Å². The lowest BCUT2D eigenvalue weighted by Crippen LogP contribution is -2.05. The van der Waals surface area contributed by atoms with Crippen LogP contribution in [0.2, 0.25) is 0 Å². The fourth-order valence-corrected chi connectivity index (χ4v) is 2.76. The largest absolute Gasteiger partial charge is 0.493 e. The number of hydrogen-bond donors (Lipinski definition) is 3. The molecule has 31 heavy (non-hydrogen) atoms. The van der Waals surface area contributed by atoms with E-state index in [2.05, 4.69) is 4.98 Å². The van der Waals surface area contributed by atoms with E-state index in [0.717, 1.165) is 0 Å². The Kier molecular flexibility index (Phi) is 6.61. The molecule has 0 aliphatic carbocycles. The van der Waals surface area contributed by atoms with Crippen LogP contribution in [0.3, 0.4) is 0 Å². The number of nitrogens with two attached hydrogens (primary N) is 2. The molecule has 160 valence electrons. The summed E-state index contributed by atoms with van der Waals surface area (Å²) in [4.78, 5) is 14.6. The number of fused-ring (bicyclic) bond motifs is 1. The first-order chi connectivity index (χ1) is 14.9. The van der Waals surface area contributed by atoms with E-state index in [0.29, 0.717) is 45.3 Å². The summed E-state index contributed by atoms with van der Waals surface area (Å²) in [5.74, 6) is 1.84. The maximum atomic E-state index is 12.0. The molecule has 0 saturated heterocycles. The number of methoxy groups -OCH3 is 2. The second-order valence-electron chi connectivity index (χ2n) is 6.47. The standard InChI is InChI=1S/C17H16N2O4.C6H6FN/c1-21-15-7-12-13(8-16(15)22-2)19-17(20)9-14(12)23-11-5-3-10(18)4-6-11;7-5-1-3-6(8)4-2-5/h3-9H,18H2,1-2H3,(H,19,20);1-4H,8H2. The van der Waals surface area contributed by atoms with Crippen molar-refractivity contribution in [2.24, 2.45) is 0 Å². The van der Waals surface area contributed by atoms with Gasteiger partial charge in [0, 0.05) is 28.9 Å². The van der Waals surface area contributed by atoms with E-state index in [4.69, 9.17) is 25.7 Å². The first-order valence-corrected chi connectivity index (χ1v) is 9.23. The van der Waals surface area contributed by atoms with E-state index in [9.17, 15) is 9.18 Å². The first kappa shape index (κ1) is 21.5. The summed E-state index contributed by atoms with van der Waals surface area (Å²) in [6.07, 6.45) is 0. The number of H-pyrrole nitrogens is 1. The Hall–Kier alpha value is -4.20. The predicted molar refractivity (Wildman–Crippen MR) is 119 cm³/mol. The summed E-state index contributed by atoms with van der Waals surface area (Å²) in [6.45, 7) is 0. The summed E-state index contributed by atoms with van der Waals surface area (Å²) in [6, 6.07) is 17.5. The minimum atomic E-state index is -0.268. The van der Waals surface area contributed by atoms with Gasteiger partial charge in [-0.3, -0.25) is 4.79 Å². The number of nitrogens with one attached hydrogen (secondary N) is 1. The lowest BCUT2D eigenvalue weighted by atomic mass is 10.1. The van der Waals surface area contributed by atoms with Gasteiger partial charge in [-0.05, 0) is 54.6 Å². The molecule has 0 saturated carbocycles. The molecule has 0 aliphatic rings. The maximum absolute atomic E-state index is 12.0. The molecule has 0 aliphatic heterocycles. The maximum Gasteiger partial charge on any atom is 0.252 e. The highest BCUT2D eigenvalue weighted by atomic mass is 19.1. The lowest BCUT2D eigenvalue weighted by Gasteiger charge is -2.12. The number of aromatic nitrogens is 1. The van der Waals surface area contributed by atoms with E-state index < -0.39 is 0 Å². The van der Waals surface area contributed by atoms with Crippen molar-refractivity contribution in [3.05, 3.63) is 82.9 Å². The number of anilines is 2. The van der Waals surface area contributed by atoms with Gasteiger partial charge >= 0.3 is 0 Å². The number of benzene rings is 3. The fourth-order valence-electron chi connectivity index (χ4n) is 2.76. The van der Waals surface area contributed by atoms with Crippen molar-refractivity contribution in [3.8, 4) is 23.0 Å². The van der Waals surface area contributed by atoms with Crippen LogP contribution in [0.4, 0.5) is 15.8 Å². The molecule has 0 amide bonds. The predicted octanol–water partition coefficient (Wildman–Crippen LogP) is 4.33. The first-order valence-electron chi connectivity index (χ1n) is 9.23. The Morgan fingerprint density at radius 3 is 1.87 bits per heavy atom. The van der Waals surface area contributed by atoms with Crippen LogP contribution in [-0.4, -0.2) is 19.2 Å². The number of halogens is 1. The van der Waals surface area contributed by atoms with Gasteiger partial charge in [0.25, 0.3) is 5.56 Å². The Morgan fingerprint density at radius 2 is 1.32 bits per heavy atom. The van der Waals surface area contributed by atoms with Crippen molar-refractivity contribution >= 4 is 22.3 Å². The smallest absolute Gasteiger partial charge is 0.252 e. The van der Waals surface area contributed by atoms with Crippen molar-refractivity contribution in [3.63, 3.8) is 0 Å². The molecule has 0 unspecified atom stereocenters. The monoisotopic (exact) mass is 423 g/mol. The van der Waals surface area contributed by atoms with Gasteiger partial charge in [0.15, 0.2) is 11.5 Å². The highest BCUT2D eigenvalue weighted by Crippen LogP contribution is 2.36. The van der Waals surface area contributed by atoms with Gasteiger partial charge in [0.2, 0.25) is 0 Å². The highest BCUT2D eigenvalue weighted by Gasteiger charge is 2.12. The minimum absolute atomic E-state index is 0.251. The molecule has 4 rings (SSSR count). The molecule has 0 radical (unpaired) electrons. The van der Waals surface area contributed by atoms with E-state index in [-0.39, 0.29) is 11.4 Å². The van der Waals surface area contributed by atoms with Crippen LogP contribution in [0.1, 0.15) is 0 Å². The molecule has 0 bridgehead atoms. The SMILES string of the molecule is COc1cc2[nH]c(=O)cc(Oc3ccc(N)cc3)c2cc1OC.Nc1ccc(F)cc1. The topological polar surface area (TPSA) is 113 Å². The quantitative estimate of drug-likeness (QED) is 0.421. The second-order valence-corrected chi connectivity index (χ2v) is 6.47. The molecular formula is C23H22FN3O4. The Bertz CT molecular complexity index is 1200. The minimum Gasteiger partial charge on any atom is -0.493 e. The molecule has 0 spiro atoms. The zero-order valence-electron chi connectivity index (χ0n) is 17.0. The van der Waals surface area contributed by atoms with Gasteiger partial charge in [-0.2, -0.15) is 0 Å².